The molecule has 0 saturated heterocycles. The molecule has 1 aliphatic carbocycles. The Morgan fingerprint density at radius 1 is 0.929 bits per heavy atom. The van der Waals surface area contributed by atoms with Crippen molar-refractivity contribution in [2.75, 3.05) is 17.1 Å². The molecule has 7 nitrogen and oxygen atoms in total. The summed E-state index contributed by atoms with van der Waals surface area (Å²) in [6.07, 6.45) is 6.45. The van der Waals surface area contributed by atoms with E-state index in [4.69, 9.17) is 11.6 Å². The number of hydrogen-bond donors (Lipinski definition) is 1. The zero-order valence-electron chi connectivity index (χ0n) is 24.6. The predicted octanol–water partition coefficient (Wildman–Crippen LogP) is 5.81. The summed E-state index contributed by atoms with van der Waals surface area (Å²) in [7, 11) is -3.82. The molecule has 224 valence electrons. The topological polar surface area (TPSA) is 86.8 Å². The number of carbonyl (C=O) groups excluding carboxylic acids is 2. The maximum atomic E-state index is 14.3. The van der Waals surface area contributed by atoms with Gasteiger partial charge in [0.2, 0.25) is 21.8 Å². The summed E-state index contributed by atoms with van der Waals surface area (Å²) in [6.45, 7) is 3.41. The first-order chi connectivity index (χ1) is 20.0. The van der Waals surface area contributed by atoms with Crippen molar-refractivity contribution in [1.29, 1.82) is 0 Å². The van der Waals surface area contributed by atoms with Crippen molar-refractivity contribution < 1.29 is 18.0 Å². The highest BCUT2D eigenvalue weighted by atomic mass is 35.5. The van der Waals surface area contributed by atoms with Crippen LogP contribution >= 0.6 is 11.6 Å². The molecule has 0 heterocycles. The van der Waals surface area contributed by atoms with Crippen LogP contribution in [-0.2, 0) is 32.6 Å². The monoisotopic (exact) mass is 609 g/mol. The minimum atomic E-state index is -3.82. The van der Waals surface area contributed by atoms with Crippen molar-refractivity contribution in [2.45, 2.75) is 71.0 Å². The van der Waals surface area contributed by atoms with E-state index in [2.05, 4.69) is 5.32 Å². The van der Waals surface area contributed by atoms with E-state index in [0.29, 0.717) is 10.7 Å². The van der Waals surface area contributed by atoms with E-state index in [-0.39, 0.29) is 24.9 Å². The van der Waals surface area contributed by atoms with E-state index < -0.39 is 28.5 Å². The van der Waals surface area contributed by atoms with Gasteiger partial charge in [0.05, 0.1) is 11.9 Å². The molecule has 0 aliphatic heterocycles. The molecule has 0 unspecified atom stereocenters. The maximum Gasteiger partial charge on any atom is 0.244 e. The van der Waals surface area contributed by atoms with Crippen molar-refractivity contribution in [3.8, 4) is 0 Å². The van der Waals surface area contributed by atoms with Gasteiger partial charge < -0.3 is 10.2 Å². The number of amides is 2. The number of anilines is 1. The molecule has 2 amide bonds. The Morgan fingerprint density at radius 2 is 1.62 bits per heavy atom. The maximum absolute atomic E-state index is 14.3. The van der Waals surface area contributed by atoms with E-state index in [0.717, 1.165) is 64.9 Å². The largest absolute Gasteiger partial charge is 0.352 e. The molecule has 42 heavy (non-hydrogen) atoms. The Morgan fingerprint density at radius 3 is 2.26 bits per heavy atom. The fraction of sp³-hybridized carbons (Fsp3) is 0.394. The number of carbonyl (C=O) groups is 2. The highest BCUT2D eigenvalue weighted by Crippen LogP contribution is 2.25. The number of nitrogens with one attached hydrogen (secondary N) is 1. The van der Waals surface area contributed by atoms with Crippen LogP contribution in [0, 0.1) is 13.8 Å². The van der Waals surface area contributed by atoms with Gasteiger partial charge in [0, 0.05) is 24.0 Å². The Bertz CT molecular complexity index is 1490. The smallest absolute Gasteiger partial charge is 0.244 e. The molecule has 0 bridgehead atoms. The summed E-state index contributed by atoms with van der Waals surface area (Å²) in [5, 5.41) is 3.72. The molecule has 3 aromatic carbocycles. The van der Waals surface area contributed by atoms with Gasteiger partial charge in [-0.1, -0.05) is 91.0 Å². The zero-order chi connectivity index (χ0) is 30.3. The highest BCUT2D eigenvalue weighted by molar-refractivity contribution is 7.92. The van der Waals surface area contributed by atoms with Crippen LogP contribution in [0.2, 0.25) is 5.02 Å². The first-order valence-corrected chi connectivity index (χ1v) is 16.7. The summed E-state index contributed by atoms with van der Waals surface area (Å²) in [6, 6.07) is 21.4. The minimum absolute atomic E-state index is 0.0513. The number of sulfonamides is 1. The highest BCUT2D eigenvalue weighted by Gasteiger charge is 2.34. The third kappa shape index (κ3) is 8.58. The van der Waals surface area contributed by atoms with Gasteiger partial charge in [0.1, 0.15) is 12.6 Å². The zero-order valence-corrected chi connectivity index (χ0v) is 26.1. The van der Waals surface area contributed by atoms with Crippen molar-refractivity contribution in [2.24, 2.45) is 0 Å². The summed E-state index contributed by atoms with van der Waals surface area (Å²) >= 11 is 6.29. The molecule has 1 atom stereocenters. The van der Waals surface area contributed by atoms with Crippen LogP contribution in [0.4, 0.5) is 5.69 Å². The van der Waals surface area contributed by atoms with Gasteiger partial charge in [-0.15, -0.1) is 0 Å². The number of benzene rings is 3. The molecule has 0 aromatic heterocycles. The fourth-order valence-corrected chi connectivity index (χ4v) is 6.73. The summed E-state index contributed by atoms with van der Waals surface area (Å²) < 4.78 is 27.2. The van der Waals surface area contributed by atoms with E-state index >= 15 is 0 Å². The van der Waals surface area contributed by atoms with E-state index in [1.165, 1.54) is 4.90 Å². The van der Waals surface area contributed by atoms with Crippen molar-refractivity contribution in [3.05, 3.63) is 100 Å². The lowest BCUT2D eigenvalue weighted by Gasteiger charge is -2.35. The van der Waals surface area contributed by atoms with Gasteiger partial charge in [0.15, 0.2) is 0 Å². The Hall–Kier alpha value is -3.36. The number of rotatable bonds is 11. The van der Waals surface area contributed by atoms with Crippen LogP contribution in [0.1, 0.15) is 54.4 Å². The van der Waals surface area contributed by atoms with Crippen LogP contribution in [0.3, 0.4) is 0 Å². The number of nitrogens with zero attached hydrogens (tertiary/aromatic N) is 2. The molecule has 0 radical (unpaired) electrons. The predicted molar refractivity (Wildman–Crippen MR) is 169 cm³/mol. The first-order valence-electron chi connectivity index (χ1n) is 14.4. The van der Waals surface area contributed by atoms with Crippen LogP contribution in [0.5, 0.6) is 0 Å². The Labute approximate surface area is 254 Å². The SMILES string of the molecule is Cc1ccc(N(CC(=O)N(Cc2cccc(Cl)c2)[C@H](Cc2ccccc2)C(=O)NC2CCCCC2)S(C)(=O)=O)c(C)c1. The van der Waals surface area contributed by atoms with E-state index in [1.807, 2.05) is 62.4 Å². The van der Waals surface area contributed by atoms with E-state index in [1.54, 1.807) is 24.3 Å². The summed E-state index contributed by atoms with van der Waals surface area (Å²) in [5.41, 5.74) is 3.81. The molecule has 1 N–H and O–H groups in total. The van der Waals surface area contributed by atoms with Crippen LogP contribution in [0.25, 0.3) is 0 Å². The van der Waals surface area contributed by atoms with Crippen molar-refractivity contribution in [3.63, 3.8) is 0 Å². The molecular weight excluding hydrogens is 570 g/mol. The standard InChI is InChI=1S/C33H40ClN3O4S/c1-24-17-18-30(25(2)19-24)37(42(3,40)41)23-32(38)36(22-27-13-10-14-28(34)20-27)31(21-26-11-6-4-7-12-26)33(39)35-29-15-8-5-9-16-29/h4,6-7,10-14,17-20,29,31H,5,8-9,15-16,21-23H2,1-3H3,(H,35,39)/t31-/m1/s1. The lowest BCUT2D eigenvalue weighted by Crippen LogP contribution is -2.55. The van der Waals surface area contributed by atoms with Crippen LogP contribution in [-0.4, -0.2) is 50.0 Å². The van der Waals surface area contributed by atoms with Crippen molar-refractivity contribution >= 4 is 39.1 Å². The van der Waals surface area contributed by atoms with Gasteiger partial charge in [-0.2, -0.15) is 0 Å². The lowest BCUT2D eigenvalue weighted by molar-refractivity contribution is -0.140. The number of halogens is 1. The van der Waals surface area contributed by atoms with Gasteiger partial charge in [-0.05, 0) is 61.6 Å². The normalized spacial score (nSPS) is 14.7. The fourth-order valence-electron chi connectivity index (χ4n) is 5.61. The van der Waals surface area contributed by atoms with Gasteiger partial charge in [0.25, 0.3) is 0 Å². The quantitative estimate of drug-likeness (QED) is 0.297. The van der Waals surface area contributed by atoms with Gasteiger partial charge in [-0.3, -0.25) is 13.9 Å². The van der Waals surface area contributed by atoms with Gasteiger partial charge in [-0.25, -0.2) is 8.42 Å². The Kier molecular flexibility index (Phi) is 10.7. The number of aryl methyl sites for hydroxylation is 2. The molecule has 3 aromatic rings. The second-order valence-corrected chi connectivity index (χ2v) is 13.6. The third-order valence-corrected chi connectivity index (χ3v) is 9.13. The minimum Gasteiger partial charge on any atom is -0.352 e. The van der Waals surface area contributed by atoms with Crippen molar-refractivity contribution in [1.82, 2.24) is 10.2 Å². The van der Waals surface area contributed by atoms with Crippen LogP contribution in [0.15, 0.2) is 72.8 Å². The average molecular weight is 610 g/mol. The third-order valence-electron chi connectivity index (χ3n) is 7.76. The molecule has 9 heteroatoms. The number of hydrogen-bond acceptors (Lipinski definition) is 4. The molecule has 1 fully saturated rings. The summed E-state index contributed by atoms with van der Waals surface area (Å²) in [4.78, 5) is 29.8. The molecular formula is C33H40ClN3O4S. The summed E-state index contributed by atoms with van der Waals surface area (Å²) in [5.74, 6) is -0.710. The Balaban J connectivity index is 1.74. The van der Waals surface area contributed by atoms with Gasteiger partial charge >= 0.3 is 0 Å². The van der Waals surface area contributed by atoms with Crippen LogP contribution < -0.4 is 9.62 Å². The second-order valence-electron chi connectivity index (χ2n) is 11.3. The molecule has 0 spiro atoms. The second kappa shape index (κ2) is 14.2. The van der Waals surface area contributed by atoms with E-state index in [9.17, 15) is 18.0 Å². The molecule has 1 saturated carbocycles. The molecule has 4 rings (SSSR count). The average Bonchev–Trinajstić information content (AvgIpc) is 2.94. The lowest BCUT2D eigenvalue weighted by atomic mass is 9.94. The molecule has 1 aliphatic rings. The first kappa shape index (κ1) is 31.6.